The second-order valence-corrected chi connectivity index (χ2v) is 5.52. The summed E-state index contributed by atoms with van der Waals surface area (Å²) in [5.74, 6) is 1.88. The minimum Gasteiger partial charge on any atom is -0.438 e. The Hall–Kier alpha value is -1.33. The first-order chi connectivity index (χ1) is 9.52. The Morgan fingerprint density at radius 1 is 1.25 bits per heavy atom. The third-order valence-corrected chi connectivity index (χ3v) is 4.04. The molecule has 4 nitrogen and oxygen atoms in total. The van der Waals surface area contributed by atoms with E-state index in [1.165, 1.54) is 6.33 Å². The van der Waals surface area contributed by atoms with Gasteiger partial charge in [-0.3, -0.25) is 0 Å². The first-order valence-corrected chi connectivity index (χ1v) is 7.39. The highest BCUT2D eigenvalue weighted by atomic mass is 79.9. The van der Waals surface area contributed by atoms with Gasteiger partial charge < -0.3 is 10.1 Å². The molecule has 1 N–H and O–H groups in total. The molecule has 2 rings (SSSR count). The van der Waals surface area contributed by atoms with E-state index in [-0.39, 0.29) is 0 Å². The van der Waals surface area contributed by atoms with Crippen LogP contribution in [0.15, 0.2) is 22.9 Å². The molecule has 0 aliphatic heterocycles. The summed E-state index contributed by atoms with van der Waals surface area (Å²) < 4.78 is 6.52. The maximum absolute atomic E-state index is 6.15. The second kappa shape index (κ2) is 6.41. The van der Waals surface area contributed by atoms with Crippen molar-refractivity contribution in [3.8, 4) is 11.6 Å². The molecule has 20 heavy (non-hydrogen) atoms. The van der Waals surface area contributed by atoms with Gasteiger partial charge in [-0.15, -0.1) is 0 Å². The molecule has 1 aromatic carbocycles. The minimum atomic E-state index is 0.470. The molecular weight excluding hydrogens is 342 g/mol. The summed E-state index contributed by atoms with van der Waals surface area (Å²) >= 11 is 9.60. The summed E-state index contributed by atoms with van der Waals surface area (Å²) in [6.07, 6.45) is 1.47. The molecule has 6 heteroatoms. The standard InChI is InChI=1S/C14H15BrClN3O/c1-4-17-13-11(15)14(19-7-18-13)20-10-5-8(2)12(16)9(3)6-10/h5-7H,4H2,1-3H3,(H,17,18,19). The van der Waals surface area contributed by atoms with Crippen LogP contribution in [0.4, 0.5) is 5.82 Å². The molecule has 0 aliphatic rings. The lowest BCUT2D eigenvalue weighted by Crippen LogP contribution is -2.02. The van der Waals surface area contributed by atoms with Gasteiger partial charge in [0, 0.05) is 11.6 Å². The average molecular weight is 357 g/mol. The van der Waals surface area contributed by atoms with E-state index in [1.54, 1.807) is 0 Å². The van der Waals surface area contributed by atoms with Crippen LogP contribution in [0.3, 0.4) is 0 Å². The molecule has 0 amide bonds. The number of ether oxygens (including phenoxy) is 1. The van der Waals surface area contributed by atoms with Gasteiger partial charge in [0.15, 0.2) is 0 Å². The van der Waals surface area contributed by atoms with E-state index in [1.807, 2.05) is 32.9 Å². The van der Waals surface area contributed by atoms with Gasteiger partial charge in [-0.05, 0) is 60.0 Å². The number of halogens is 2. The number of nitrogens with one attached hydrogen (secondary N) is 1. The van der Waals surface area contributed by atoms with Gasteiger partial charge in [-0.1, -0.05) is 11.6 Å². The van der Waals surface area contributed by atoms with Crippen molar-refractivity contribution < 1.29 is 4.74 Å². The normalized spacial score (nSPS) is 10.4. The molecule has 2 aromatic rings. The summed E-state index contributed by atoms with van der Waals surface area (Å²) in [5.41, 5.74) is 1.94. The Kier molecular flexibility index (Phi) is 4.83. The van der Waals surface area contributed by atoms with Crippen molar-refractivity contribution in [1.29, 1.82) is 0 Å². The first-order valence-electron chi connectivity index (χ1n) is 6.22. The van der Waals surface area contributed by atoms with Gasteiger partial charge in [-0.25, -0.2) is 9.97 Å². The molecule has 0 aliphatic carbocycles. The first kappa shape index (κ1) is 15.1. The van der Waals surface area contributed by atoms with Gasteiger partial charge in [0.2, 0.25) is 5.88 Å². The monoisotopic (exact) mass is 355 g/mol. The zero-order valence-electron chi connectivity index (χ0n) is 11.5. The molecule has 0 bridgehead atoms. The van der Waals surface area contributed by atoms with E-state index in [4.69, 9.17) is 16.3 Å². The Balaban J connectivity index is 2.33. The van der Waals surface area contributed by atoms with Gasteiger partial charge in [-0.2, -0.15) is 0 Å². The van der Waals surface area contributed by atoms with Crippen molar-refractivity contribution >= 4 is 33.3 Å². The van der Waals surface area contributed by atoms with Gasteiger partial charge >= 0.3 is 0 Å². The third-order valence-electron chi connectivity index (χ3n) is 2.73. The van der Waals surface area contributed by atoms with Crippen molar-refractivity contribution in [3.05, 3.63) is 39.1 Å². The highest BCUT2D eigenvalue weighted by Gasteiger charge is 2.11. The predicted octanol–water partition coefficient (Wildman–Crippen LogP) is 4.73. The molecule has 0 saturated carbocycles. The van der Waals surface area contributed by atoms with E-state index < -0.39 is 0 Å². The van der Waals surface area contributed by atoms with Crippen LogP contribution in [0, 0.1) is 13.8 Å². The molecule has 1 heterocycles. The largest absolute Gasteiger partial charge is 0.438 e. The number of aromatic nitrogens is 2. The molecule has 0 atom stereocenters. The van der Waals surface area contributed by atoms with Gasteiger partial charge in [0.25, 0.3) is 0 Å². The number of nitrogens with zero attached hydrogens (tertiary/aromatic N) is 2. The number of hydrogen-bond acceptors (Lipinski definition) is 4. The Morgan fingerprint density at radius 2 is 1.90 bits per heavy atom. The van der Waals surface area contributed by atoms with Crippen molar-refractivity contribution in [2.75, 3.05) is 11.9 Å². The van der Waals surface area contributed by atoms with E-state index in [9.17, 15) is 0 Å². The van der Waals surface area contributed by atoms with Crippen molar-refractivity contribution in [2.45, 2.75) is 20.8 Å². The van der Waals surface area contributed by atoms with Gasteiger partial charge in [0.1, 0.15) is 22.4 Å². The Bertz CT molecular complexity index is 611. The van der Waals surface area contributed by atoms with E-state index in [0.29, 0.717) is 21.9 Å². The summed E-state index contributed by atoms with van der Waals surface area (Å²) in [5, 5.41) is 3.89. The van der Waals surface area contributed by atoms with Crippen LogP contribution in [0.5, 0.6) is 11.6 Å². The molecule has 0 radical (unpaired) electrons. The number of rotatable bonds is 4. The van der Waals surface area contributed by atoms with Crippen molar-refractivity contribution in [3.63, 3.8) is 0 Å². The Morgan fingerprint density at radius 3 is 2.50 bits per heavy atom. The fourth-order valence-corrected chi connectivity index (χ4v) is 2.33. The van der Waals surface area contributed by atoms with Crippen LogP contribution in [0.25, 0.3) is 0 Å². The van der Waals surface area contributed by atoms with Gasteiger partial charge in [0.05, 0.1) is 0 Å². The Labute approximate surface area is 131 Å². The van der Waals surface area contributed by atoms with Crippen LogP contribution in [-0.2, 0) is 0 Å². The highest BCUT2D eigenvalue weighted by molar-refractivity contribution is 9.10. The van der Waals surface area contributed by atoms with Crippen LogP contribution in [-0.4, -0.2) is 16.5 Å². The number of benzene rings is 1. The van der Waals surface area contributed by atoms with E-state index >= 15 is 0 Å². The molecule has 1 aromatic heterocycles. The lowest BCUT2D eigenvalue weighted by molar-refractivity contribution is 0.458. The van der Waals surface area contributed by atoms with Crippen molar-refractivity contribution in [1.82, 2.24) is 9.97 Å². The lowest BCUT2D eigenvalue weighted by atomic mass is 10.1. The summed E-state index contributed by atoms with van der Waals surface area (Å²) in [7, 11) is 0. The predicted molar refractivity (Wildman–Crippen MR) is 84.9 cm³/mol. The van der Waals surface area contributed by atoms with Crippen molar-refractivity contribution in [2.24, 2.45) is 0 Å². The van der Waals surface area contributed by atoms with Crippen LogP contribution in [0.2, 0.25) is 5.02 Å². The fraction of sp³-hybridized carbons (Fsp3) is 0.286. The topological polar surface area (TPSA) is 47.0 Å². The second-order valence-electron chi connectivity index (χ2n) is 4.34. The third kappa shape index (κ3) is 3.22. The maximum atomic E-state index is 6.15. The quantitative estimate of drug-likeness (QED) is 0.860. The molecule has 0 spiro atoms. The SMILES string of the molecule is CCNc1ncnc(Oc2cc(C)c(Cl)c(C)c2)c1Br. The zero-order chi connectivity index (χ0) is 14.7. The minimum absolute atomic E-state index is 0.470. The summed E-state index contributed by atoms with van der Waals surface area (Å²) in [6, 6.07) is 3.77. The summed E-state index contributed by atoms with van der Waals surface area (Å²) in [6.45, 7) is 6.66. The maximum Gasteiger partial charge on any atom is 0.238 e. The number of hydrogen-bond donors (Lipinski definition) is 1. The lowest BCUT2D eigenvalue weighted by Gasteiger charge is -2.11. The van der Waals surface area contributed by atoms with E-state index in [2.05, 4.69) is 31.2 Å². The van der Waals surface area contributed by atoms with Crippen LogP contribution < -0.4 is 10.1 Å². The summed E-state index contributed by atoms with van der Waals surface area (Å²) in [4.78, 5) is 8.29. The van der Waals surface area contributed by atoms with Crippen LogP contribution >= 0.6 is 27.5 Å². The molecule has 106 valence electrons. The average Bonchev–Trinajstić information content (AvgIpc) is 2.41. The molecule has 0 saturated heterocycles. The number of anilines is 1. The van der Waals surface area contributed by atoms with Crippen LogP contribution in [0.1, 0.15) is 18.1 Å². The molecular formula is C14H15BrClN3O. The molecule has 0 fully saturated rings. The van der Waals surface area contributed by atoms with E-state index in [0.717, 1.165) is 22.7 Å². The fourth-order valence-electron chi connectivity index (χ4n) is 1.79. The number of aryl methyl sites for hydroxylation is 2. The smallest absolute Gasteiger partial charge is 0.238 e. The highest BCUT2D eigenvalue weighted by Crippen LogP contribution is 2.34. The zero-order valence-corrected chi connectivity index (χ0v) is 13.8. The molecule has 0 unspecified atom stereocenters.